The molecule has 1 heterocycles. The third-order valence-corrected chi connectivity index (χ3v) is 4.30. The number of nitrogens with zero attached hydrogens (tertiary/aromatic N) is 1. The van der Waals surface area contributed by atoms with Crippen molar-refractivity contribution in [2.24, 2.45) is 17.8 Å². The summed E-state index contributed by atoms with van der Waals surface area (Å²) in [5.41, 5.74) is 7.96. The molecule has 0 radical (unpaired) electrons. The van der Waals surface area contributed by atoms with Gasteiger partial charge >= 0.3 is 0 Å². The minimum Gasteiger partial charge on any atom is -0.397 e. The average molecular weight is 258 g/mol. The summed E-state index contributed by atoms with van der Waals surface area (Å²) in [6.07, 6.45) is 1.63. The van der Waals surface area contributed by atoms with Crippen molar-refractivity contribution in [1.29, 1.82) is 0 Å². The Morgan fingerprint density at radius 2 is 1.74 bits per heavy atom. The lowest BCUT2D eigenvalue weighted by Crippen LogP contribution is -2.32. The maximum atomic E-state index is 12.5. The molecule has 1 aromatic carbocycles. The van der Waals surface area contributed by atoms with E-state index in [4.69, 9.17) is 5.73 Å². The van der Waals surface area contributed by atoms with Crippen LogP contribution < -0.4 is 10.6 Å². The van der Waals surface area contributed by atoms with Gasteiger partial charge in [0.05, 0.1) is 23.2 Å². The van der Waals surface area contributed by atoms with Crippen molar-refractivity contribution in [2.75, 3.05) is 10.6 Å². The zero-order valence-corrected chi connectivity index (χ0v) is 11.2. The normalized spacial score (nSPS) is 30.0. The van der Waals surface area contributed by atoms with Crippen molar-refractivity contribution in [3.63, 3.8) is 0 Å². The standard InChI is InChI=1S/C15H18N2O2/c1-8-3-4-12(16)13(7-8)17-14(18)10-5-9(2)6-11(10)15(17)19/h3-4,7,9-11H,5-6,16H2,1-2H3. The Kier molecular flexibility index (Phi) is 2.62. The summed E-state index contributed by atoms with van der Waals surface area (Å²) in [7, 11) is 0. The van der Waals surface area contributed by atoms with Crippen LogP contribution in [0, 0.1) is 24.7 Å². The van der Waals surface area contributed by atoms with Gasteiger partial charge in [-0.25, -0.2) is 4.90 Å². The Bertz CT molecular complexity index is 543. The Hall–Kier alpha value is -1.84. The number of benzene rings is 1. The molecule has 2 fully saturated rings. The molecule has 2 N–H and O–H groups in total. The lowest BCUT2D eigenvalue weighted by Gasteiger charge is -2.19. The molecule has 0 bridgehead atoms. The third kappa shape index (κ3) is 1.74. The molecule has 0 spiro atoms. The van der Waals surface area contributed by atoms with E-state index >= 15 is 0 Å². The number of hydrogen-bond donors (Lipinski definition) is 1. The van der Waals surface area contributed by atoms with E-state index in [9.17, 15) is 9.59 Å². The van der Waals surface area contributed by atoms with Gasteiger partial charge in [-0.05, 0) is 43.4 Å². The molecule has 1 aliphatic carbocycles. The molecule has 3 rings (SSSR count). The van der Waals surface area contributed by atoms with Gasteiger partial charge in [0.15, 0.2) is 0 Å². The van der Waals surface area contributed by atoms with E-state index in [2.05, 4.69) is 6.92 Å². The highest BCUT2D eigenvalue weighted by Gasteiger charge is 2.52. The molecule has 1 aliphatic heterocycles. The van der Waals surface area contributed by atoms with E-state index in [0.29, 0.717) is 17.3 Å². The number of carbonyl (C=O) groups is 2. The molecule has 100 valence electrons. The van der Waals surface area contributed by atoms with Gasteiger partial charge in [0, 0.05) is 0 Å². The first-order valence-corrected chi connectivity index (χ1v) is 6.73. The van der Waals surface area contributed by atoms with Gasteiger partial charge in [-0.2, -0.15) is 0 Å². The molecular weight excluding hydrogens is 240 g/mol. The van der Waals surface area contributed by atoms with Crippen LogP contribution in [0.1, 0.15) is 25.3 Å². The summed E-state index contributed by atoms with van der Waals surface area (Å²) in [5.74, 6) is 0.0398. The summed E-state index contributed by atoms with van der Waals surface area (Å²) >= 11 is 0. The van der Waals surface area contributed by atoms with E-state index in [-0.39, 0.29) is 23.7 Å². The van der Waals surface area contributed by atoms with Crippen LogP contribution in [0.2, 0.25) is 0 Å². The number of anilines is 2. The Morgan fingerprint density at radius 1 is 1.16 bits per heavy atom. The summed E-state index contributed by atoms with van der Waals surface area (Å²) < 4.78 is 0. The van der Waals surface area contributed by atoms with Crippen LogP contribution in [0.15, 0.2) is 18.2 Å². The largest absolute Gasteiger partial charge is 0.397 e. The molecule has 2 amide bonds. The van der Waals surface area contributed by atoms with Crippen molar-refractivity contribution >= 4 is 23.2 Å². The zero-order valence-electron chi connectivity index (χ0n) is 11.2. The Labute approximate surface area is 112 Å². The number of hydrogen-bond acceptors (Lipinski definition) is 3. The second kappa shape index (κ2) is 4.08. The van der Waals surface area contributed by atoms with Crippen LogP contribution in [0.5, 0.6) is 0 Å². The highest BCUT2D eigenvalue weighted by Crippen LogP contribution is 2.45. The molecule has 1 aromatic rings. The molecule has 19 heavy (non-hydrogen) atoms. The van der Waals surface area contributed by atoms with E-state index in [1.54, 1.807) is 6.07 Å². The number of aryl methyl sites for hydroxylation is 1. The molecule has 0 aromatic heterocycles. The number of amides is 2. The highest BCUT2D eigenvalue weighted by molar-refractivity contribution is 6.23. The van der Waals surface area contributed by atoms with E-state index in [1.165, 1.54) is 4.90 Å². The van der Waals surface area contributed by atoms with Crippen LogP contribution in [-0.4, -0.2) is 11.8 Å². The second-order valence-electron chi connectivity index (χ2n) is 5.86. The van der Waals surface area contributed by atoms with E-state index in [0.717, 1.165) is 18.4 Å². The van der Waals surface area contributed by atoms with Crippen LogP contribution in [0.3, 0.4) is 0 Å². The van der Waals surface area contributed by atoms with Gasteiger partial charge in [-0.3, -0.25) is 9.59 Å². The van der Waals surface area contributed by atoms with Crippen molar-refractivity contribution < 1.29 is 9.59 Å². The van der Waals surface area contributed by atoms with Gasteiger partial charge in [-0.1, -0.05) is 13.0 Å². The number of imide groups is 1. The second-order valence-corrected chi connectivity index (χ2v) is 5.86. The van der Waals surface area contributed by atoms with Crippen LogP contribution in [-0.2, 0) is 9.59 Å². The molecular formula is C15H18N2O2. The molecule has 2 aliphatic rings. The molecule has 4 heteroatoms. The molecule has 1 saturated heterocycles. The van der Waals surface area contributed by atoms with Crippen LogP contribution >= 0.6 is 0 Å². The predicted octanol–water partition coefficient (Wildman–Crippen LogP) is 2.11. The first-order valence-electron chi connectivity index (χ1n) is 6.73. The van der Waals surface area contributed by atoms with Crippen LogP contribution in [0.25, 0.3) is 0 Å². The smallest absolute Gasteiger partial charge is 0.237 e. The summed E-state index contributed by atoms with van der Waals surface area (Å²) in [6.45, 7) is 4.03. The van der Waals surface area contributed by atoms with Crippen molar-refractivity contribution in [1.82, 2.24) is 0 Å². The molecule has 2 unspecified atom stereocenters. The molecule has 4 nitrogen and oxygen atoms in total. The number of nitrogens with two attached hydrogens (primary N) is 1. The first-order chi connectivity index (χ1) is 8.99. The molecule has 2 atom stereocenters. The van der Waals surface area contributed by atoms with Crippen molar-refractivity contribution in [2.45, 2.75) is 26.7 Å². The number of fused-ring (bicyclic) bond motifs is 1. The summed E-state index contributed by atoms with van der Waals surface area (Å²) in [5, 5.41) is 0. The fourth-order valence-corrected chi connectivity index (χ4v) is 3.36. The number of carbonyl (C=O) groups excluding carboxylic acids is 2. The minimum absolute atomic E-state index is 0.0725. The summed E-state index contributed by atoms with van der Waals surface area (Å²) in [6, 6.07) is 5.45. The molecule has 1 saturated carbocycles. The SMILES string of the molecule is Cc1ccc(N)c(N2C(=O)C3CC(C)CC3C2=O)c1. The van der Waals surface area contributed by atoms with Gasteiger partial charge in [-0.15, -0.1) is 0 Å². The zero-order chi connectivity index (χ0) is 13.7. The van der Waals surface area contributed by atoms with Gasteiger partial charge in [0.2, 0.25) is 11.8 Å². The number of rotatable bonds is 1. The fraction of sp³-hybridized carbons (Fsp3) is 0.467. The fourth-order valence-electron chi connectivity index (χ4n) is 3.36. The Morgan fingerprint density at radius 3 is 2.32 bits per heavy atom. The minimum atomic E-state index is -0.137. The quantitative estimate of drug-likeness (QED) is 0.620. The van der Waals surface area contributed by atoms with Crippen molar-refractivity contribution in [3.05, 3.63) is 23.8 Å². The predicted molar refractivity (Wildman–Crippen MR) is 73.5 cm³/mol. The Balaban J connectivity index is 2.01. The van der Waals surface area contributed by atoms with E-state index < -0.39 is 0 Å². The maximum Gasteiger partial charge on any atom is 0.237 e. The third-order valence-electron chi connectivity index (χ3n) is 4.30. The topological polar surface area (TPSA) is 63.4 Å². The average Bonchev–Trinajstić information content (AvgIpc) is 2.84. The van der Waals surface area contributed by atoms with Gasteiger partial charge in [0.1, 0.15) is 0 Å². The van der Waals surface area contributed by atoms with Crippen molar-refractivity contribution in [3.8, 4) is 0 Å². The van der Waals surface area contributed by atoms with Gasteiger partial charge in [0.25, 0.3) is 0 Å². The first kappa shape index (κ1) is 12.2. The lowest BCUT2D eigenvalue weighted by atomic mass is 10.00. The highest BCUT2D eigenvalue weighted by atomic mass is 16.2. The van der Waals surface area contributed by atoms with E-state index in [1.807, 2.05) is 19.1 Å². The number of nitrogen functional groups attached to an aromatic ring is 1. The summed E-state index contributed by atoms with van der Waals surface area (Å²) in [4.78, 5) is 26.2. The maximum absolute atomic E-state index is 12.5. The monoisotopic (exact) mass is 258 g/mol. The van der Waals surface area contributed by atoms with Gasteiger partial charge < -0.3 is 5.73 Å². The lowest BCUT2D eigenvalue weighted by molar-refractivity contribution is -0.123. The van der Waals surface area contributed by atoms with Crippen LogP contribution in [0.4, 0.5) is 11.4 Å².